The minimum absolute atomic E-state index is 0.128. The zero-order valence-electron chi connectivity index (χ0n) is 16.6. The van der Waals surface area contributed by atoms with Gasteiger partial charge in [0.2, 0.25) is 0 Å². The Balaban J connectivity index is 1.58. The van der Waals surface area contributed by atoms with E-state index < -0.39 is 5.97 Å². The molecule has 0 aliphatic carbocycles. The molecule has 5 nitrogen and oxygen atoms in total. The van der Waals surface area contributed by atoms with E-state index in [0.717, 1.165) is 48.8 Å². The van der Waals surface area contributed by atoms with Crippen molar-refractivity contribution in [2.24, 2.45) is 0 Å². The first-order valence-electron chi connectivity index (χ1n) is 10.2. The maximum atomic E-state index is 12.9. The highest BCUT2D eigenvalue weighted by atomic mass is 79.9. The fourth-order valence-electron chi connectivity index (χ4n) is 3.73. The van der Waals surface area contributed by atoms with Crippen molar-refractivity contribution in [1.29, 1.82) is 0 Å². The molecule has 0 radical (unpaired) electrons. The fourth-order valence-corrected chi connectivity index (χ4v) is 3.99. The predicted molar refractivity (Wildman–Crippen MR) is 120 cm³/mol. The number of rotatable bonds is 4. The fraction of sp³-hybridized carbons (Fsp3) is 0.292. The van der Waals surface area contributed by atoms with Gasteiger partial charge in [0.1, 0.15) is 0 Å². The van der Waals surface area contributed by atoms with Gasteiger partial charge in [-0.2, -0.15) is 0 Å². The second-order valence-corrected chi connectivity index (χ2v) is 8.37. The van der Waals surface area contributed by atoms with Gasteiger partial charge in [0.15, 0.2) is 6.61 Å². The second-order valence-electron chi connectivity index (χ2n) is 7.45. The molecule has 0 saturated carbocycles. The van der Waals surface area contributed by atoms with Crippen LogP contribution in [0.3, 0.4) is 0 Å². The molecule has 1 aliphatic rings. The number of amides is 1. The molecule has 1 saturated heterocycles. The third kappa shape index (κ3) is 4.70. The van der Waals surface area contributed by atoms with Gasteiger partial charge in [0.05, 0.1) is 16.8 Å². The number of hydrogen-bond donors (Lipinski definition) is 0. The van der Waals surface area contributed by atoms with E-state index >= 15 is 0 Å². The quantitative estimate of drug-likeness (QED) is 0.494. The van der Waals surface area contributed by atoms with Crippen LogP contribution in [0.5, 0.6) is 0 Å². The molecule has 3 aromatic rings. The number of ether oxygens (including phenoxy) is 1. The molecule has 0 unspecified atom stereocenters. The van der Waals surface area contributed by atoms with E-state index in [-0.39, 0.29) is 12.5 Å². The number of para-hydroxylation sites is 1. The number of esters is 1. The highest BCUT2D eigenvalue weighted by molar-refractivity contribution is 9.10. The third-order valence-electron chi connectivity index (χ3n) is 5.36. The molecule has 1 fully saturated rings. The van der Waals surface area contributed by atoms with Crippen molar-refractivity contribution in [3.8, 4) is 11.3 Å². The number of carbonyl (C=O) groups excluding carboxylic acids is 2. The molecule has 30 heavy (non-hydrogen) atoms. The van der Waals surface area contributed by atoms with Crippen LogP contribution in [0.25, 0.3) is 22.2 Å². The number of aromatic nitrogens is 1. The average molecular weight is 467 g/mol. The minimum atomic E-state index is -0.505. The van der Waals surface area contributed by atoms with Crippen LogP contribution < -0.4 is 0 Å². The highest BCUT2D eigenvalue weighted by Crippen LogP contribution is 2.26. The number of benzene rings is 2. The summed E-state index contributed by atoms with van der Waals surface area (Å²) < 4.78 is 6.41. The van der Waals surface area contributed by atoms with Crippen LogP contribution in [0.1, 0.15) is 36.0 Å². The molecule has 0 atom stereocenters. The van der Waals surface area contributed by atoms with E-state index in [2.05, 4.69) is 15.9 Å². The molecular formula is C24H23BrN2O3. The van der Waals surface area contributed by atoms with Crippen LogP contribution >= 0.6 is 15.9 Å². The van der Waals surface area contributed by atoms with Crippen LogP contribution in [0.2, 0.25) is 0 Å². The summed E-state index contributed by atoms with van der Waals surface area (Å²) in [5, 5.41) is 0.714. The van der Waals surface area contributed by atoms with Crippen LogP contribution in [-0.2, 0) is 9.53 Å². The summed E-state index contributed by atoms with van der Waals surface area (Å²) in [5.74, 6) is -0.633. The van der Waals surface area contributed by atoms with Gasteiger partial charge in [-0.05, 0) is 37.1 Å². The second kappa shape index (κ2) is 9.39. The number of likely N-dealkylation sites (tertiary alicyclic amines) is 1. The van der Waals surface area contributed by atoms with Gasteiger partial charge in [-0.25, -0.2) is 9.78 Å². The lowest BCUT2D eigenvalue weighted by molar-refractivity contribution is -0.134. The maximum Gasteiger partial charge on any atom is 0.339 e. The van der Waals surface area contributed by atoms with E-state index in [1.807, 2.05) is 48.5 Å². The Bertz CT molecular complexity index is 1060. The van der Waals surface area contributed by atoms with Crippen LogP contribution in [0.15, 0.2) is 59.1 Å². The zero-order chi connectivity index (χ0) is 20.9. The standard InChI is InChI=1S/C24H23BrN2O3/c25-18-11-9-17(10-12-18)22-15-20(19-7-3-4-8-21(19)26-22)24(29)30-16-23(28)27-13-5-1-2-6-14-27/h3-4,7-12,15H,1-2,5-6,13-14,16H2. The van der Waals surface area contributed by atoms with E-state index in [9.17, 15) is 9.59 Å². The summed E-state index contributed by atoms with van der Waals surface area (Å²) in [6.45, 7) is 1.24. The van der Waals surface area contributed by atoms with Gasteiger partial charge < -0.3 is 9.64 Å². The van der Waals surface area contributed by atoms with Crippen LogP contribution in [0, 0.1) is 0 Å². The Hall–Kier alpha value is -2.73. The molecule has 4 rings (SSSR count). The molecule has 2 aromatic carbocycles. The Kier molecular flexibility index (Phi) is 6.43. The van der Waals surface area contributed by atoms with Crippen LogP contribution in [-0.4, -0.2) is 41.5 Å². The number of halogens is 1. The minimum Gasteiger partial charge on any atom is -0.452 e. The lowest BCUT2D eigenvalue weighted by atomic mass is 10.0. The first kappa shape index (κ1) is 20.5. The summed E-state index contributed by atoms with van der Waals surface area (Å²) >= 11 is 3.44. The summed E-state index contributed by atoms with van der Waals surface area (Å²) in [4.78, 5) is 31.9. The molecule has 1 amide bonds. The molecule has 2 heterocycles. The summed E-state index contributed by atoms with van der Waals surface area (Å²) in [7, 11) is 0. The molecule has 0 N–H and O–H groups in total. The number of hydrogen-bond acceptors (Lipinski definition) is 4. The van der Waals surface area contributed by atoms with Gasteiger partial charge in [-0.15, -0.1) is 0 Å². The van der Waals surface area contributed by atoms with Crippen molar-refractivity contribution in [2.45, 2.75) is 25.7 Å². The highest BCUT2D eigenvalue weighted by Gasteiger charge is 2.20. The summed E-state index contributed by atoms with van der Waals surface area (Å²) in [5.41, 5.74) is 2.72. The Labute approximate surface area is 184 Å². The van der Waals surface area contributed by atoms with Crippen molar-refractivity contribution in [3.63, 3.8) is 0 Å². The first-order valence-corrected chi connectivity index (χ1v) is 11.0. The lowest BCUT2D eigenvalue weighted by Gasteiger charge is -2.20. The molecule has 154 valence electrons. The molecule has 6 heteroatoms. The first-order chi connectivity index (χ1) is 14.6. The molecular weight excluding hydrogens is 444 g/mol. The zero-order valence-corrected chi connectivity index (χ0v) is 18.2. The molecule has 0 spiro atoms. The Morgan fingerprint density at radius 2 is 1.67 bits per heavy atom. The number of carbonyl (C=O) groups is 2. The normalized spacial score (nSPS) is 14.4. The van der Waals surface area contributed by atoms with Crippen molar-refractivity contribution in [2.75, 3.05) is 19.7 Å². The van der Waals surface area contributed by atoms with Crippen LogP contribution in [0.4, 0.5) is 0 Å². The van der Waals surface area contributed by atoms with Gasteiger partial charge in [-0.1, -0.05) is 59.1 Å². The van der Waals surface area contributed by atoms with E-state index in [4.69, 9.17) is 9.72 Å². The van der Waals surface area contributed by atoms with Gasteiger partial charge in [0.25, 0.3) is 5.91 Å². The van der Waals surface area contributed by atoms with Crippen molar-refractivity contribution >= 4 is 38.7 Å². The SMILES string of the molecule is O=C(OCC(=O)N1CCCCCC1)c1cc(-c2ccc(Br)cc2)nc2ccccc12. The van der Waals surface area contributed by atoms with Gasteiger partial charge in [-0.3, -0.25) is 4.79 Å². The molecule has 1 aliphatic heterocycles. The van der Waals surface area contributed by atoms with Crippen molar-refractivity contribution < 1.29 is 14.3 Å². The maximum absolute atomic E-state index is 12.9. The van der Waals surface area contributed by atoms with Crippen molar-refractivity contribution in [3.05, 3.63) is 64.6 Å². The number of nitrogens with zero attached hydrogens (tertiary/aromatic N) is 2. The molecule has 0 bridgehead atoms. The van der Waals surface area contributed by atoms with E-state index in [1.54, 1.807) is 11.0 Å². The van der Waals surface area contributed by atoms with Gasteiger partial charge in [0, 0.05) is 28.5 Å². The third-order valence-corrected chi connectivity index (χ3v) is 5.89. The van der Waals surface area contributed by atoms with Gasteiger partial charge >= 0.3 is 5.97 Å². The smallest absolute Gasteiger partial charge is 0.339 e. The van der Waals surface area contributed by atoms with Crippen molar-refractivity contribution in [1.82, 2.24) is 9.88 Å². The number of fused-ring (bicyclic) bond motifs is 1. The monoisotopic (exact) mass is 466 g/mol. The summed E-state index contributed by atoms with van der Waals surface area (Å²) in [6.07, 6.45) is 4.30. The number of pyridine rings is 1. The Morgan fingerprint density at radius 1 is 0.967 bits per heavy atom. The lowest BCUT2D eigenvalue weighted by Crippen LogP contribution is -2.35. The molecule has 1 aromatic heterocycles. The largest absolute Gasteiger partial charge is 0.452 e. The van der Waals surface area contributed by atoms with E-state index in [1.165, 1.54) is 0 Å². The predicted octanol–water partition coefficient (Wildman–Crippen LogP) is 5.22. The summed E-state index contributed by atoms with van der Waals surface area (Å²) in [6, 6.07) is 17.0. The van der Waals surface area contributed by atoms with E-state index in [0.29, 0.717) is 22.2 Å². The average Bonchev–Trinajstić information content (AvgIpc) is 3.06. The topological polar surface area (TPSA) is 59.5 Å². The Morgan fingerprint density at radius 3 is 2.40 bits per heavy atom.